The van der Waals surface area contributed by atoms with E-state index >= 15 is 0 Å². The van der Waals surface area contributed by atoms with Gasteiger partial charge in [-0.2, -0.15) is 5.26 Å². The van der Waals surface area contributed by atoms with Gasteiger partial charge in [0.2, 0.25) is 0 Å². The van der Waals surface area contributed by atoms with Crippen LogP contribution in [0.25, 0.3) is 0 Å². The molecule has 0 aromatic heterocycles. The number of halogens is 1. The minimum absolute atomic E-state index is 0.256. The number of rotatable bonds is 2. The highest BCUT2D eigenvalue weighted by atomic mass is 79.9. The molecule has 0 spiro atoms. The van der Waals surface area contributed by atoms with Crippen LogP contribution in [0, 0.1) is 11.3 Å². The predicted molar refractivity (Wildman–Crippen MR) is 68.4 cm³/mol. The largest absolute Gasteiger partial charge is 0.479 e. The molecule has 5 nitrogen and oxygen atoms in total. The Kier molecular flexibility index (Phi) is 3.84. The summed E-state index contributed by atoms with van der Waals surface area (Å²) in [5, 5.41) is 18.1. The Hall–Kier alpha value is -1.58. The summed E-state index contributed by atoms with van der Waals surface area (Å²) in [7, 11) is 0. The highest BCUT2D eigenvalue weighted by Gasteiger charge is 2.27. The molecule has 1 fully saturated rings. The van der Waals surface area contributed by atoms with Crippen molar-refractivity contribution in [3.05, 3.63) is 28.2 Å². The zero-order valence-electron chi connectivity index (χ0n) is 9.47. The molecule has 1 aliphatic rings. The Labute approximate surface area is 113 Å². The van der Waals surface area contributed by atoms with Crippen molar-refractivity contribution in [3.8, 4) is 6.07 Å². The lowest BCUT2D eigenvalue weighted by atomic mass is 10.1. The molecule has 0 aliphatic carbocycles. The van der Waals surface area contributed by atoms with E-state index in [2.05, 4.69) is 22.0 Å². The Bertz CT molecular complexity index is 513. The van der Waals surface area contributed by atoms with E-state index < -0.39 is 12.1 Å². The molecule has 94 valence electrons. The number of carboxylic acids is 1. The van der Waals surface area contributed by atoms with Crippen molar-refractivity contribution in [1.82, 2.24) is 0 Å². The van der Waals surface area contributed by atoms with E-state index in [-0.39, 0.29) is 6.54 Å². The van der Waals surface area contributed by atoms with Crippen LogP contribution in [-0.4, -0.2) is 36.9 Å². The van der Waals surface area contributed by atoms with Crippen LogP contribution >= 0.6 is 15.9 Å². The predicted octanol–water partition coefficient (Wildman–Crippen LogP) is 1.61. The summed E-state index contributed by atoms with van der Waals surface area (Å²) >= 11 is 3.31. The molecule has 1 atom stereocenters. The van der Waals surface area contributed by atoms with E-state index in [0.717, 1.165) is 10.2 Å². The number of benzene rings is 1. The lowest BCUT2D eigenvalue weighted by molar-refractivity contribution is -0.150. The number of carboxylic acid groups (broad SMARTS) is 1. The first kappa shape index (κ1) is 12.9. The number of hydrogen-bond donors (Lipinski definition) is 1. The summed E-state index contributed by atoms with van der Waals surface area (Å²) in [4.78, 5) is 12.8. The van der Waals surface area contributed by atoms with Gasteiger partial charge in [-0.1, -0.05) is 15.9 Å². The van der Waals surface area contributed by atoms with E-state index in [1.807, 2.05) is 17.0 Å². The number of nitrogens with zero attached hydrogens (tertiary/aromatic N) is 2. The quantitative estimate of drug-likeness (QED) is 0.898. The second-order valence-corrected chi connectivity index (χ2v) is 4.83. The van der Waals surface area contributed by atoms with Gasteiger partial charge in [-0.05, 0) is 18.2 Å². The first-order chi connectivity index (χ1) is 8.61. The number of morpholine rings is 1. The lowest BCUT2D eigenvalue weighted by Crippen LogP contribution is -2.46. The molecule has 1 N–H and O–H groups in total. The van der Waals surface area contributed by atoms with Gasteiger partial charge in [-0.3, -0.25) is 0 Å². The molecule has 0 amide bonds. The van der Waals surface area contributed by atoms with Crippen LogP contribution < -0.4 is 4.90 Å². The summed E-state index contributed by atoms with van der Waals surface area (Å²) in [6.07, 6.45) is -0.839. The number of nitriles is 1. The molecular formula is C12H11BrN2O3. The Morgan fingerprint density at radius 1 is 1.61 bits per heavy atom. The zero-order valence-corrected chi connectivity index (χ0v) is 11.1. The number of aliphatic carboxylic acids is 1. The van der Waals surface area contributed by atoms with E-state index in [1.165, 1.54) is 0 Å². The van der Waals surface area contributed by atoms with Crippen molar-refractivity contribution in [2.45, 2.75) is 6.10 Å². The van der Waals surface area contributed by atoms with Crippen molar-refractivity contribution < 1.29 is 14.6 Å². The Morgan fingerprint density at radius 3 is 3.06 bits per heavy atom. The van der Waals surface area contributed by atoms with Gasteiger partial charge >= 0.3 is 5.97 Å². The van der Waals surface area contributed by atoms with Gasteiger partial charge in [0, 0.05) is 11.0 Å². The van der Waals surface area contributed by atoms with Gasteiger partial charge in [-0.15, -0.1) is 0 Å². The number of anilines is 1. The molecular weight excluding hydrogens is 300 g/mol. The molecule has 6 heteroatoms. The van der Waals surface area contributed by atoms with Gasteiger partial charge < -0.3 is 14.7 Å². The van der Waals surface area contributed by atoms with Crippen LogP contribution in [0.2, 0.25) is 0 Å². The molecule has 0 bridgehead atoms. The molecule has 0 radical (unpaired) electrons. The van der Waals surface area contributed by atoms with Crippen molar-refractivity contribution in [1.29, 1.82) is 5.26 Å². The zero-order chi connectivity index (χ0) is 13.1. The summed E-state index contributed by atoms with van der Waals surface area (Å²) in [6.45, 7) is 1.18. The fourth-order valence-electron chi connectivity index (χ4n) is 1.89. The molecule has 0 saturated carbocycles. The van der Waals surface area contributed by atoms with E-state index in [9.17, 15) is 4.79 Å². The second-order valence-electron chi connectivity index (χ2n) is 3.92. The minimum atomic E-state index is -0.977. The highest BCUT2D eigenvalue weighted by Crippen LogP contribution is 2.25. The molecule has 1 unspecified atom stereocenters. The lowest BCUT2D eigenvalue weighted by Gasteiger charge is -2.33. The summed E-state index contributed by atoms with van der Waals surface area (Å²) in [6, 6.07) is 7.49. The van der Waals surface area contributed by atoms with Gasteiger partial charge in [0.1, 0.15) is 6.07 Å². The van der Waals surface area contributed by atoms with Gasteiger partial charge in [0.15, 0.2) is 6.10 Å². The standard InChI is InChI=1S/C12H11BrN2O3/c13-9-1-2-10(8(5-9)6-14)15-3-4-18-11(7-15)12(16)17/h1-2,5,11H,3-4,7H2,(H,16,17). The first-order valence-electron chi connectivity index (χ1n) is 5.41. The Balaban J connectivity index is 2.26. The van der Waals surface area contributed by atoms with Gasteiger partial charge in [-0.25, -0.2) is 4.79 Å². The van der Waals surface area contributed by atoms with Crippen LogP contribution in [0.4, 0.5) is 5.69 Å². The van der Waals surface area contributed by atoms with E-state index in [0.29, 0.717) is 18.7 Å². The SMILES string of the molecule is N#Cc1cc(Br)ccc1N1CCOC(C(=O)O)C1. The summed E-state index contributed by atoms with van der Waals surface area (Å²) < 4.78 is 5.98. The van der Waals surface area contributed by atoms with Crippen molar-refractivity contribution in [2.24, 2.45) is 0 Å². The molecule has 1 saturated heterocycles. The number of hydrogen-bond acceptors (Lipinski definition) is 4. The maximum Gasteiger partial charge on any atom is 0.334 e. The molecule has 18 heavy (non-hydrogen) atoms. The molecule has 1 aromatic rings. The summed E-state index contributed by atoms with van der Waals surface area (Å²) in [5.74, 6) is -0.977. The van der Waals surface area contributed by atoms with Crippen molar-refractivity contribution >= 4 is 27.6 Å². The smallest absolute Gasteiger partial charge is 0.334 e. The third-order valence-corrected chi connectivity index (χ3v) is 3.25. The van der Waals surface area contributed by atoms with Crippen LogP contribution in [-0.2, 0) is 9.53 Å². The third kappa shape index (κ3) is 2.63. The maximum absolute atomic E-state index is 10.9. The maximum atomic E-state index is 10.9. The van der Waals surface area contributed by atoms with Crippen molar-refractivity contribution in [3.63, 3.8) is 0 Å². The monoisotopic (exact) mass is 310 g/mol. The van der Waals surface area contributed by atoms with Gasteiger partial charge in [0.05, 0.1) is 24.4 Å². The number of ether oxygens (including phenoxy) is 1. The van der Waals surface area contributed by atoms with E-state index in [1.54, 1.807) is 6.07 Å². The Morgan fingerprint density at radius 2 is 2.39 bits per heavy atom. The average Bonchev–Trinajstić information content (AvgIpc) is 2.38. The topological polar surface area (TPSA) is 73.6 Å². The molecule has 1 aliphatic heterocycles. The average molecular weight is 311 g/mol. The number of carbonyl (C=O) groups is 1. The van der Waals surface area contributed by atoms with Crippen LogP contribution in [0.1, 0.15) is 5.56 Å². The molecule has 1 aromatic carbocycles. The first-order valence-corrected chi connectivity index (χ1v) is 6.20. The fraction of sp³-hybridized carbons (Fsp3) is 0.333. The van der Waals surface area contributed by atoms with Gasteiger partial charge in [0.25, 0.3) is 0 Å². The summed E-state index contributed by atoms with van der Waals surface area (Å²) in [5.41, 5.74) is 1.27. The van der Waals surface area contributed by atoms with Crippen LogP contribution in [0.15, 0.2) is 22.7 Å². The normalized spacial score (nSPS) is 19.3. The van der Waals surface area contributed by atoms with Crippen LogP contribution in [0.3, 0.4) is 0 Å². The fourth-order valence-corrected chi connectivity index (χ4v) is 2.25. The van der Waals surface area contributed by atoms with E-state index in [4.69, 9.17) is 15.1 Å². The van der Waals surface area contributed by atoms with Crippen LogP contribution in [0.5, 0.6) is 0 Å². The molecule has 2 rings (SSSR count). The highest BCUT2D eigenvalue weighted by molar-refractivity contribution is 9.10. The molecule has 1 heterocycles. The second kappa shape index (κ2) is 5.38. The third-order valence-electron chi connectivity index (χ3n) is 2.76. The minimum Gasteiger partial charge on any atom is -0.479 e. The van der Waals surface area contributed by atoms with Crippen molar-refractivity contribution in [2.75, 3.05) is 24.6 Å².